The van der Waals surface area contributed by atoms with Crippen molar-refractivity contribution in [2.75, 3.05) is 29.9 Å². The number of anilines is 2. The van der Waals surface area contributed by atoms with Gasteiger partial charge in [-0.25, -0.2) is 0 Å². The van der Waals surface area contributed by atoms with Crippen LogP contribution in [0.15, 0.2) is 24.3 Å². The predicted octanol–water partition coefficient (Wildman–Crippen LogP) is 3.32. The van der Waals surface area contributed by atoms with Gasteiger partial charge in [-0.1, -0.05) is 23.5 Å². The topological polar surface area (TPSA) is 78.4 Å². The van der Waals surface area contributed by atoms with Crippen LogP contribution in [0.25, 0.3) is 0 Å². The highest BCUT2D eigenvalue weighted by molar-refractivity contribution is 7.15. The fourth-order valence-corrected chi connectivity index (χ4v) is 3.95. The number of hydrogen-bond acceptors (Lipinski definition) is 6. The smallest absolute Gasteiger partial charge is 0.365 e. The molecule has 0 bridgehead atoms. The first kappa shape index (κ1) is 22.0. The second-order valence-corrected chi connectivity index (χ2v) is 8.16. The zero-order valence-electron chi connectivity index (χ0n) is 16.6. The van der Waals surface area contributed by atoms with Gasteiger partial charge in [0.05, 0.1) is 0 Å². The summed E-state index contributed by atoms with van der Waals surface area (Å²) in [5.74, 6) is -0.728. The van der Waals surface area contributed by atoms with Gasteiger partial charge in [-0.2, -0.15) is 13.2 Å². The average molecular weight is 441 g/mol. The molecule has 0 saturated carbocycles. The van der Waals surface area contributed by atoms with E-state index in [1.165, 1.54) is 5.56 Å². The lowest BCUT2D eigenvalue weighted by molar-refractivity contribution is -0.138. The molecule has 1 N–H and O–H groups in total. The van der Waals surface area contributed by atoms with Gasteiger partial charge in [-0.3, -0.25) is 9.59 Å². The second-order valence-electron chi connectivity index (χ2n) is 7.18. The van der Waals surface area contributed by atoms with Gasteiger partial charge < -0.3 is 15.1 Å². The summed E-state index contributed by atoms with van der Waals surface area (Å²) in [6.07, 6.45) is -4.76. The van der Waals surface area contributed by atoms with Gasteiger partial charge in [0.1, 0.15) is 0 Å². The number of carbonyl (C=O) groups excluding carboxylic acids is 2. The normalized spacial score (nSPS) is 17.2. The van der Waals surface area contributed by atoms with Gasteiger partial charge in [0.25, 0.3) is 0 Å². The molecule has 0 radical (unpaired) electrons. The molecule has 1 aromatic carbocycles. The fourth-order valence-electron chi connectivity index (χ4n) is 3.32. The van der Waals surface area contributed by atoms with E-state index in [0.29, 0.717) is 19.6 Å². The highest BCUT2D eigenvalue weighted by atomic mass is 32.1. The molecule has 0 spiro atoms. The maximum Gasteiger partial charge on any atom is 0.445 e. The number of aromatic nitrogens is 2. The highest BCUT2D eigenvalue weighted by Gasteiger charge is 2.36. The van der Waals surface area contributed by atoms with E-state index >= 15 is 0 Å². The fraction of sp³-hybridized carbons (Fsp3) is 0.474. The molecule has 1 aliphatic heterocycles. The van der Waals surface area contributed by atoms with Gasteiger partial charge >= 0.3 is 6.18 Å². The number of hydrogen-bond donors (Lipinski definition) is 1. The van der Waals surface area contributed by atoms with Crippen LogP contribution in [0.4, 0.5) is 24.0 Å². The van der Waals surface area contributed by atoms with Crippen molar-refractivity contribution in [2.24, 2.45) is 0 Å². The summed E-state index contributed by atoms with van der Waals surface area (Å²) in [6, 6.07) is 8.31. The van der Waals surface area contributed by atoms with Crippen molar-refractivity contribution in [1.82, 2.24) is 15.1 Å². The Kier molecular flexibility index (Phi) is 6.59. The van der Waals surface area contributed by atoms with Crippen molar-refractivity contribution in [2.45, 2.75) is 38.9 Å². The first-order valence-corrected chi connectivity index (χ1v) is 10.3. The summed E-state index contributed by atoms with van der Waals surface area (Å²) < 4.78 is 37.6. The van der Waals surface area contributed by atoms with Crippen LogP contribution in [0.3, 0.4) is 0 Å². The summed E-state index contributed by atoms with van der Waals surface area (Å²) in [5.41, 5.74) is 2.28. The lowest BCUT2D eigenvalue weighted by Crippen LogP contribution is -2.53. The molecule has 0 aliphatic carbocycles. The molecule has 30 heavy (non-hydrogen) atoms. The minimum absolute atomic E-state index is 0.0199. The van der Waals surface area contributed by atoms with E-state index in [0.717, 1.165) is 5.69 Å². The minimum Gasteiger partial charge on any atom is -0.365 e. The molecule has 1 fully saturated rings. The Morgan fingerprint density at radius 2 is 2.00 bits per heavy atom. The summed E-state index contributed by atoms with van der Waals surface area (Å²) in [5, 5.41) is 7.21. The number of nitrogens with one attached hydrogen (secondary N) is 1. The molecule has 1 atom stereocenters. The third-order valence-corrected chi connectivity index (χ3v) is 5.68. The number of carbonyl (C=O) groups is 2. The number of aryl methyl sites for hydroxylation is 1. The summed E-state index contributed by atoms with van der Waals surface area (Å²) in [4.78, 5) is 28.4. The molecular weight excluding hydrogens is 419 g/mol. The molecule has 2 amide bonds. The standard InChI is InChI=1S/C19H22F3N5O2S/c1-12-4-3-5-14(10-12)27-9-8-26(11-13(27)2)16(29)7-6-15(28)23-18-25-24-17(30-18)19(20,21)22/h3-5,10,13H,6-9,11H2,1-2H3,(H,23,25,28). The van der Waals surface area contributed by atoms with Gasteiger partial charge in [-0.05, 0) is 31.5 Å². The Balaban J connectivity index is 1.47. The molecule has 3 rings (SSSR count). The van der Waals surface area contributed by atoms with E-state index in [1.807, 2.05) is 32.0 Å². The SMILES string of the molecule is Cc1cccc(N2CCN(C(=O)CCC(=O)Nc3nnc(C(F)(F)F)s3)CC2C)c1. The molecule has 1 aliphatic rings. The molecule has 2 aromatic rings. The van der Waals surface area contributed by atoms with E-state index in [4.69, 9.17) is 0 Å². The summed E-state index contributed by atoms with van der Waals surface area (Å²) in [7, 11) is 0. The molecule has 1 saturated heterocycles. The van der Waals surface area contributed by atoms with Crippen LogP contribution in [0.1, 0.15) is 30.3 Å². The Hall–Kier alpha value is -2.69. The van der Waals surface area contributed by atoms with Crippen molar-refractivity contribution >= 4 is 34.0 Å². The molecule has 1 unspecified atom stereocenters. The zero-order chi connectivity index (χ0) is 21.9. The Morgan fingerprint density at radius 3 is 2.63 bits per heavy atom. The van der Waals surface area contributed by atoms with Gasteiger partial charge in [0.15, 0.2) is 0 Å². The maximum atomic E-state index is 12.5. The first-order chi connectivity index (χ1) is 14.1. The second kappa shape index (κ2) is 8.99. The number of alkyl halides is 3. The maximum absolute atomic E-state index is 12.5. The zero-order valence-corrected chi connectivity index (χ0v) is 17.4. The average Bonchev–Trinajstić information content (AvgIpc) is 3.15. The number of piperazine rings is 1. The molecule has 162 valence electrons. The van der Waals surface area contributed by atoms with Crippen LogP contribution in [-0.2, 0) is 15.8 Å². The van der Waals surface area contributed by atoms with Crippen LogP contribution in [-0.4, -0.2) is 52.6 Å². The monoisotopic (exact) mass is 441 g/mol. The van der Waals surface area contributed by atoms with E-state index in [1.54, 1.807) is 4.90 Å². The number of nitrogens with zero attached hydrogens (tertiary/aromatic N) is 4. The molecular formula is C19H22F3N5O2S. The van der Waals surface area contributed by atoms with E-state index in [-0.39, 0.29) is 41.3 Å². The number of amides is 2. The molecule has 2 heterocycles. The van der Waals surface area contributed by atoms with Crippen LogP contribution in [0, 0.1) is 6.92 Å². The third-order valence-electron chi connectivity index (χ3n) is 4.79. The lowest BCUT2D eigenvalue weighted by atomic mass is 10.1. The van der Waals surface area contributed by atoms with Crippen LogP contribution < -0.4 is 10.2 Å². The van der Waals surface area contributed by atoms with Crippen molar-refractivity contribution in [3.05, 3.63) is 34.8 Å². The Labute approximate surface area is 175 Å². The molecule has 1 aromatic heterocycles. The van der Waals surface area contributed by atoms with Crippen LogP contribution >= 0.6 is 11.3 Å². The van der Waals surface area contributed by atoms with E-state index in [2.05, 4.69) is 26.5 Å². The Morgan fingerprint density at radius 1 is 1.23 bits per heavy atom. The summed E-state index contributed by atoms with van der Waals surface area (Å²) in [6.45, 7) is 5.85. The Bertz CT molecular complexity index is 918. The van der Waals surface area contributed by atoms with E-state index < -0.39 is 17.1 Å². The minimum atomic E-state index is -4.60. The number of rotatable bonds is 5. The largest absolute Gasteiger partial charge is 0.445 e. The van der Waals surface area contributed by atoms with Crippen LogP contribution in [0.2, 0.25) is 0 Å². The third kappa shape index (κ3) is 5.47. The quantitative estimate of drug-likeness (QED) is 0.770. The van der Waals surface area contributed by atoms with Crippen molar-refractivity contribution in [3.63, 3.8) is 0 Å². The van der Waals surface area contributed by atoms with Gasteiger partial charge in [0.2, 0.25) is 22.0 Å². The van der Waals surface area contributed by atoms with Crippen molar-refractivity contribution in [3.8, 4) is 0 Å². The highest BCUT2D eigenvalue weighted by Crippen LogP contribution is 2.33. The molecule has 11 heteroatoms. The van der Waals surface area contributed by atoms with Gasteiger partial charge in [-0.15, -0.1) is 10.2 Å². The van der Waals surface area contributed by atoms with Crippen LogP contribution in [0.5, 0.6) is 0 Å². The first-order valence-electron chi connectivity index (χ1n) is 9.45. The van der Waals surface area contributed by atoms with E-state index in [9.17, 15) is 22.8 Å². The van der Waals surface area contributed by atoms with Crippen molar-refractivity contribution in [1.29, 1.82) is 0 Å². The number of halogens is 3. The predicted molar refractivity (Wildman–Crippen MR) is 107 cm³/mol. The molecule has 7 nitrogen and oxygen atoms in total. The lowest BCUT2D eigenvalue weighted by Gasteiger charge is -2.41. The van der Waals surface area contributed by atoms with Gasteiger partial charge in [0, 0.05) is 44.2 Å². The number of benzene rings is 1. The van der Waals surface area contributed by atoms with Crippen molar-refractivity contribution < 1.29 is 22.8 Å². The summed E-state index contributed by atoms with van der Waals surface area (Å²) >= 11 is 0.250.